The molecule has 1 rings (SSSR count). The summed E-state index contributed by atoms with van der Waals surface area (Å²) in [5.41, 5.74) is -0.120. The average Bonchev–Trinajstić information content (AvgIpc) is 2.19. The fourth-order valence-electron chi connectivity index (χ4n) is 0.988. The molecule has 82 valence electrons. The zero-order chi connectivity index (χ0) is 11.4. The summed E-state index contributed by atoms with van der Waals surface area (Å²) < 4.78 is 5.43. The van der Waals surface area contributed by atoms with Crippen molar-refractivity contribution in [1.82, 2.24) is 0 Å². The lowest BCUT2D eigenvalue weighted by molar-refractivity contribution is -0.385. The van der Waals surface area contributed by atoms with E-state index in [0.717, 1.165) is 6.42 Å². The van der Waals surface area contributed by atoms with Gasteiger partial charge in [-0.3, -0.25) is 10.1 Å². The van der Waals surface area contributed by atoms with E-state index in [1.807, 2.05) is 6.92 Å². The van der Waals surface area contributed by atoms with E-state index in [2.05, 4.69) is 15.9 Å². The van der Waals surface area contributed by atoms with Gasteiger partial charge in [0.25, 0.3) is 5.69 Å². The van der Waals surface area contributed by atoms with Gasteiger partial charge in [-0.15, -0.1) is 0 Å². The molecule has 0 radical (unpaired) electrons. The number of phenolic OH excluding ortho intramolecular Hbond substituents is 1. The second kappa shape index (κ2) is 4.97. The molecular weight excluding hydrogens is 266 g/mol. The van der Waals surface area contributed by atoms with Crippen LogP contribution in [0.15, 0.2) is 16.6 Å². The number of nitrogens with zero attached hydrogens (tertiary/aromatic N) is 1. The van der Waals surface area contributed by atoms with E-state index in [4.69, 9.17) is 4.74 Å². The number of non-ortho nitro benzene ring substituents is 1. The van der Waals surface area contributed by atoms with E-state index in [1.54, 1.807) is 0 Å². The van der Waals surface area contributed by atoms with E-state index >= 15 is 0 Å². The molecule has 0 heterocycles. The highest BCUT2D eigenvalue weighted by molar-refractivity contribution is 9.10. The van der Waals surface area contributed by atoms with Crippen molar-refractivity contribution < 1.29 is 14.8 Å². The van der Waals surface area contributed by atoms with Gasteiger partial charge in [-0.1, -0.05) is 6.92 Å². The van der Waals surface area contributed by atoms with Crippen molar-refractivity contribution >= 4 is 21.6 Å². The number of hydrogen-bond donors (Lipinski definition) is 1. The molecule has 0 atom stereocenters. The van der Waals surface area contributed by atoms with Crippen LogP contribution in [0.2, 0.25) is 0 Å². The number of rotatable bonds is 4. The van der Waals surface area contributed by atoms with E-state index in [0.29, 0.717) is 6.61 Å². The second-order valence-corrected chi connectivity index (χ2v) is 3.73. The second-order valence-electron chi connectivity index (χ2n) is 2.88. The Balaban J connectivity index is 3.07. The van der Waals surface area contributed by atoms with Crippen LogP contribution < -0.4 is 4.74 Å². The molecule has 0 aliphatic rings. The first kappa shape index (κ1) is 11.8. The number of halogens is 1. The van der Waals surface area contributed by atoms with Crippen LogP contribution in [0.4, 0.5) is 5.69 Å². The lowest BCUT2D eigenvalue weighted by Gasteiger charge is -2.07. The molecule has 0 saturated carbocycles. The number of nitro groups is 1. The maximum absolute atomic E-state index is 10.5. The van der Waals surface area contributed by atoms with Gasteiger partial charge in [-0.25, -0.2) is 0 Å². The van der Waals surface area contributed by atoms with Crippen LogP contribution >= 0.6 is 15.9 Å². The molecule has 1 aromatic rings. The van der Waals surface area contributed by atoms with Gasteiger partial charge in [0.1, 0.15) is 0 Å². The first-order valence-corrected chi connectivity index (χ1v) is 5.15. The SMILES string of the molecule is CCCOc1cc([N+](=O)[O-])cc(Br)c1O. The Morgan fingerprint density at radius 2 is 2.27 bits per heavy atom. The number of nitro benzene ring substituents is 1. The molecule has 0 saturated heterocycles. The number of hydrogen-bond acceptors (Lipinski definition) is 4. The van der Waals surface area contributed by atoms with Crippen molar-refractivity contribution in [2.75, 3.05) is 6.61 Å². The van der Waals surface area contributed by atoms with Crippen molar-refractivity contribution in [1.29, 1.82) is 0 Å². The zero-order valence-electron chi connectivity index (χ0n) is 8.07. The van der Waals surface area contributed by atoms with Crippen LogP contribution in [-0.4, -0.2) is 16.6 Å². The Hall–Kier alpha value is -1.30. The number of benzene rings is 1. The summed E-state index contributed by atoms with van der Waals surface area (Å²) in [7, 11) is 0. The molecule has 0 unspecified atom stereocenters. The van der Waals surface area contributed by atoms with E-state index in [-0.39, 0.29) is 21.7 Å². The minimum atomic E-state index is -0.539. The minimum absolute atomic E-state index is 0.117. The Labute approximate surface area is 95.0 Å². The summed E-state index contributed by atoms with van der Waals surface area (Å²) in [6.45, 7) is 2.31. The van der Waals surface area contributed by atoms with E-state index in [1.165, 1.54) is 12.1 Å². The number of phenols is 1. The molecule has 0 aliphatic carbocycles. The Bertz CT molecular complexity index is 381. The summed E-state index contributed by atoms with van der Waals surface area (Å²) in [4.78, 5) is 10.00. The number of aromatic hydroxyl groups is 1. The molecule has 0 bridgehead atoms. The standard InChI is InChI=1S/C9H10BrNO4/c1-2-3-15-8-5-6(11(13)14)4-7(10)9(8)12/h4-5,12H,2-3H2,1H3. The summed E-state index contributed by atoms with van der Waals surface area (Å²) >= 11 is 3.02. The van der Waals surface area contributed by atoms with Crippen LogP contribution in [0.5, 0.6) is 11.5 Å². The van der Waals surface area contributed by atoms with Crippen LogP contribution in [-0.2, 0) is 0 Å². The molecule has 0 aromatic heterocycles. The normalized spacial score (nSPS) is 10.0. The Morgan fingerprint density at radius 3 is 2.80 bits per heavy atom. The van der Waals surface area contributed by atoms with Crippen molar-refractivity contribution in [3.8, 4) is 11.5 Å². The van der Waals surface area contributed by atoms with Gasteiger partial charge in [0.2, 0.25) is 0 Å². The van der Waals surface area contributed by atoms with Crippen molar-refractivity contribution in [2.24, 2.45) is 0 Å². The third-order valence-corrected chi connectivity index (χ3v) is 2.29. The smallest absolute Gasteiger partial charge is 0.274 e. The van der Waals surface area contributed by atoms with Crippen molar-refractivity contribution in [3.05, 3.63) is 26.7 Å². The van der Waals surface area contributed by atoms with Crippen LogP contribution in [0.1, 0.15) is 13.3 Å². The fourth-order valence-corrected chi connectivity index (χ4v) is 1.42. The minimum Gasteiger partial charge on any atom is -0.503 e. The molecule has 1 N–H and O–H groups in total. The quantitative estimate of drug-likeness (QED) is 0.677. The molecular formula is C9H10BrNO4. The summed E-state index contributed by atoms with van der Waals surface area (Å²) in [5, 5.41) is 20.1. The van der Waals surface area contributed by atoms with Gasteiger partial charge >= 0.3 is 0 Å². The maximum Gasteiger partial charge on any atom is 0.274 e. The van der Waals surface area contributed by atoms with Gasteiger partial charge < -0.3 is 9.84 Å². The van der Waals surface area contributed by atoms with Crippen LogP contribution in [0.3, 0.4) is 0 Å². The van der Waals surface area contributed by atoms with Crippen LogP contribution in [0.25, 0.3) is 0 Å². The molecule has 1 aromatic carbocycles. The predicted molar refractivity (Wildman–Crippen MR) is 58.2 cm³/mol. The summed E-state index contributed by atoms with van der Waals surface area (Å²) in [6.07, 6.45) is 0.764. The topological polar surface area (TPSA) is 72.6 Å². The first-order chi connectivity index (χ1) is 7.06. The Morgan fingerprint density at radius 1 is 1.60 bits per heavy atom. The summed E-state index contributed by atoms with van der Waals surface area (Å²) in [6, 6.07) is 2.43. The highest BCUT2D eigenvalue weighted by Crippen LogP contribution is 2.37. The lowest BCUT2D eigenvalue weighted by atomic mass is 10.3. The van der Waals surface area contributed by atoms with Crippen molar-refractivity contribution in [2.45, 2.75) is 13.3 Å². The van der Waals surface area contributed by atoms with E-state index in [9.17, 15) is 15.2 Å². The lowest BCUT2D eigenvalue weighted by Crippen LogP contribution is -1.97. The van der Waals surface area contributed by atoms with Gasteiger partial charge in [0.15, 0.2) is 11.5 Å². The molecule has 6 heteroatoms. The maximum atomic E-state index is 10.5. The molecule has 0 amide bonds. The molecule has 0 fully saturated rings. The van der Waals surface area contributed by atoms with Crippen molar-refractivity contribution in [3.63, 3.8) is 0 Å². The molecule has 15 heavy (non-hydrogen) atoms. The number of ether oxygens (including phenoxy) is 1. The molecule has 0 spiro atoms. The fraction of sp³-hybridized carbons (Fsp3) is 0.333. The summed E-state index contributed by atoms with van der Waals surface area (Å²) in [5.74, 6) is 0.00646. The highest BCUT2D eigenvalue weighted by Gasteiger charge is 2.15. The Kier molecular flexibility index (Phi) is 3.90. The monoisotopic (exact) mass is 275 g/mol. The largest absolute Gasteiger partial charge is 0.503 e. The molecule has 0 aliphatic heterocycles. The zero-order valence-corrected chi connectivity index (χ0v) is 9.65. The molecule has 5 nitrogen and oxygen atoms in total. The van der Waals surface area contributed by atoms with Gasteiger partial charge in [-0.05, 0) is 22.4 Å². The van der Waals surface area contributed by atoms with Gasteiger partial charge in [0, 0.05) is 6.07 Å². The third kappa shape index (κ3) is 2.82. The first-order valence-electron chi connectivity index (χ1n) is 4.36. The van der Waals surface area contributed by atoms with Gasteiger partial charge in [-0.2, -0.15) is 0 Å². The average molecular weight is 276 g/mol. The van der Waals surface area contributed by atoms with E-state index < -0.39 is 4.92 Å². The van der Waals surface area contributed by atoms with Gasteiger partial charge in [0.05, 0.1) is 22.1 Å². The third-order valence-electron chi connectivity index (χ3n) is 1.69. The van der Waals surface area contributed by atoms with Crippen LogP contribution in [0, 0.1) is 10.1 Å². The highest BCUT2D eigenvalue weighted by atomic mass is 79.9. The predicted octanol–water partition coefficient (Wildman–Crippen LogP) is 2.85.